The van der Waals surface area contributed by atoms with Crippen molar-refractivity contribution >= 4 is 28.8 Å². The maximum Gasteiger partial charge on any atom is 0.183 e. The van der Waals surface area contributed by atoms with Gasteiger partial charge in [-0.25, -0.2) is 15.0 Å². The van der Waals surface area contributed by atoms with Crippen molar-refractivity contribution in [1.82, 2.24) is 15.0 Å². The molecule has 2 aromatic heterocycles. The number of nitrogens with zero attached hydrogens (tertiary/aromatic N) is 3. The number of thiazole rings is 1. The van der Waals surface area contributed by atoms with Crippen LogP contribution in [0.25, 0.3) is 0 Å². The normalized spacial score (nSPS) is 11.7. The van der Waals surface area contributed by atoms with E-state index in [0.29, 0.717) is 17.6 Å². The first-order chi connectivity index (χ1) is 9.88. The van der Waals surface area contributed by atoms with E-state index in [1.807, 2.05) is 6.07 Å². The van der Waals surface area contributed by atoms with Crippen LogP contribution in [0.4, 0.5) is 5.82 Å². The molecule has 0 aliphatic rings. The van der Waals surface area contributed by atoms with Crippen molar-refractivity contribution in [2.75, 3.05) is 12.4 Å². The molecule has 7 heteroatoms. The molecule has 0 aromatic carbocycles. The van der Waals surface area contributed by atoms with E-state index < -0.39 is 0 Å². The van der Waals surface area contributed by atoms with Crippen LogP contribution >= 0.6 is 22.9 Å². The molecule has 0 aliphatic carbocycles. The fourth-order valence-corrected chi connectivity index (χ4v) is 2.61. The molecule has 21 heavy (non-hydrogen) atoms. The van der Waals surface area contributed by atoms with Gasteiger partial charge in [0.25, 0.3) is 0 Å². The SMILES string of the molecule is COCc1cc(NCc2cnc(Cl)s2)nc(C(C)(C)C)n1. The highest BCUT2D eigenvalue weighted by atomic mass is 35.5. The second-order valence-electron chi connectivity index (χ2n) is 5.68. The van der Waals surface area contributed by atoms with Gasteiger partial charge in [0.15, 0.2) is 4.47 Å². The van der Waals surface area contributed by atoms with E-state index in [2.05, 4.69) is 41.0 Å². The van der Waals surface area contributed by atoms with Gasteiger partial charge in [0.05, 0.1) is 18.8 Å². The molecule has 0 fully saturated rings. The first kappa shape index (κ1) is 16.1. The number of anilines is 1. The molecule has 5 nitrogen and oxygen atoms in total. The van der Waals surface area contributed by atoms with Crippen molar-refractivity contribution in [3.8, 4) is 0 Å². The predicted octanol–water partition coefficient (Wildman–Crippen LogP) is 3.64. The van der Waals surface area contributed by atoms with Gasteiger partial charge in [-0.15, -0.1) is 11.3 Å². The molecule has 114 valence electrons. The third-order valence-electron chi connectivity index (χ3n) is 2.71. The van der Waals surface area contributed by atoms with Gasteiger partial charge in [-0.05, 0) is 0 Å². The van der Waals surface area contributed by atoms with Crippen molar-refractivity contribution < 1.29 is 4.74 Å². The maximum atomic E-state index is 5.83. The van der Waals surface area contributed by atoms with E-state index in [0.717, 1.165) is 22.2 Å². The van der Waals surface area contributed by atoms with Gasteiger partial charge >= 0.3 is 0 Å². The first-order valence-electron chi connectivity index (χ1n) is 6.60. The average molecular weight is 327 g/mol. The summed E-state index contributed by atoms with van der Waals surface area (Å²) in [5.74, 6) is 1.58. The summed E-state index contributed by atoms with van der Waals surface area (Å²) in [5, 5.41) is 3.29. The Morgan fingerprint density at radius 1 is 1.33 bits per heavy atom. The summed E-state index contributed by atoms with van der Waals surface area (Å²) in [6.07, 6.45) is 1.77. The topological polar surface area (TPSA) is 59.9 Å². The Kier molecular flexibility index (Phi) is 5.13. The standard InChI is InChI=1S/C14H19ClN4OS/c1-14(2,3)12-18-9(8-20-4)5-11(19-12)16-6-10-7-17-13(15)21-10/h5,7H,6,8H2,1-4H3,(H,16,18,19). The predicted molar refractivity (Wildman–Crippen MR) is 85.9 cm³/mol. The Morgan fingerprint density at radius 2 is 2.10 bits per heavy atom. The smallest absolute Gasteiger partial charge is 0.183 e. The minimum atomic E-state index is -0.117. The summed E-state index contributed by atoms with van der Waals surface area (Å²) in [5.41, 5.74) is 0.746. The van der Waals surface area contributed by atoms with Crippen LogP contribution in [-0.2, 0) is 23.3 Å². The van der Waals surface area contributed by atoms with Gasteiger partial charge < -0.3 is 10.1 Å². The maximum absolute atomic E-state index is 5.83. The molecular weight excluding hydrogens is 308 g/mol. The van der Waals surface area contributed by atoms with Crippen LogP contribution in [0.1, 0.15) is 37.2 Å². The fraction of sp³-hybridized carbons (Fsp3) is 0.500. The largest absolute Gasteiger partial charge is 0.378 e. The third kappa shape index (κ3) is 4.62. The molecule has 0 unspecified atom stereocenters. The molecule has 0 aliphatic heterocycles. The van der Waals surface area contributed by atoms with Crippen LogP contribution in [0.15, 0.2) is 12.3 Å². The molecule has 2 aromatic rings. The van der Waals surface area contributed by atoms with E-state index in [-0.39, 0.29) is 5.41 Å². The molecule has 1 N–H and O–H groups in total. The molecule has 0 atom stereocenters. The van der Waals surface area contributed by atoms with Crippen LogP contribution in [0, 0.1) is 0 Å². The zero-order chi connectivity index (χ0) is 15.5. The van der Waals surface area contributed by atoms with E-state index in [1.54, 1.807) is 13.3 Å². The summed E-state index contributed by atoms with van der Waals surface area (Å²) in [7, 11) is 1.66. The lowest BCUT2D eigenvalue weighted by molar-refractivity contribution is 0.181. The van der Waals surface area contributed by atoms with E-state index in [9.17, 15) is 0 Å². The molecule has 0 amide bonds. The average Bonchev–Trinajstić information content (AvgIpc) is 2.81. The van der Waals surface area contributed by atoms with E-state index in [4.69, 9.17) is 16.3 Å². The summed E-state index contributed by atoms with van der Waals surface area (Å²) >= 11 is 7.29. The minimum Gasteiger partial charge on any atom is -0.378 e. The molecule has 0 radical (unpaired) electrons. The van der Waals surface area contributed by atoms with Crippen molar-refractivity contribution in [3.63, 3.8) is 0 Å². The second kappa shape index (κ2) is 6.68. The number of hydrogen-bond donors (Lipinski definition) is 1. The summed E-state index contributed by atoms with van der Waals surface area (Å²) in [6.45, 7) is 7.37. The van der Waals surface area contributed by atoms with Crippen LogP contribution in [0.3, 0.4) is 0 Å². The number of aromatic nitrogens is 3. The Bertz CT molecular complexity index is 609. The lowest BCUT2D eigenvalue weighted by Crippen LogP contribution is -2.18. The van der Waals surface area contributed by atoms with Gasteiger partial charge in [-0.3, -0.25) is 0 Å². The van der Waals surface area contributed by atoms with Crippen LogP contribution in [-0.4, -0.2) is 22.1 Å². The highest BCUT2D eigenvalue weighted by Gasteiger charge is 2.19. The number of rotatable bonds is 5. The van der Waals surface area contributed by atoms with Crippen LogP contribution in [0.2, 0.25) is 4.47 Å². The molecule has 2 rings (SSSR count). The van der Waals surface area contributed by atoms with E-state index >= 15 is 0 Å². The Hall–Kier alpha value is -1.24. The van der Waals surface area contributed by atoms with Crippen molar-refractivity contribution in [2.24, 2.45) is 0 Å². The fourth-order valence-electron chi connectivity index (χ4n) is 1.69. The number of methoxy groups -OCH3 is 1. The zero-order valence-corrected chi connectivity index (χ0v) is 14.2. The molecular formula is C14H19ClN4OS. The Labute approximate surface area is 133 Å². The highest BCUT2D eigenvalue weighted by molar-refractivity contribution is 7.15. The molecule has 2 heterocycles. The lowest BCUT2D eigenvalue weighted by atomic mass is 9.95. The van der Waals surface area contributed by atoms with Crippen molar-refractivity contribution in [1.29, 1.82) is 0 Å². The first-order valence-corrected chi connectivity index (χ1v) is 7.79. The van der Waals surface area contributed by atoms with E-state index in [1.165, 1.54) is 11.3 Å². The van der Waals surface area contributed by atoms with Gasteiger partial charge in [0.1, 0.15) is 11.6 Å². The lowest BCUT2D eigenvalue weighted by Gasteiger charge is -2.18. The summed E-state index contributed by atoms with van der Waals surface area (Å²) in [6, 6.07) is 1.90. The number of nitrogens with one attached hydrogen (secondary N) is 1. The summed E-state index contributed by atoms with van der Waals surface area (Å²) in [4.78, 5) is 14.2. The van der Waals surface area contributed by atoms with Crippen LogP contribution < -0.4 is 5.32 Å². The van der Waals surface area contributed by atoms with Gasteiger partial charge in [0, 0.05) is 29.7 Å². The molecule has 0 saturated carbocycles. The van der Waals surface area contributed by atoms with Crippen molar-refractivity contribution in [2.45, 2.75) is 39.3 Å². The number of ether oxygens (including phenoxy) is 1. The second-order valence-corrected chi connectivity index (χ2v) is 7.38. The molecule has 0 spiro atoms. The highest BCUT2D eigenvalue weighted by Crippen LogP contribution is 2.22. The Morgan fingerprint density at radius 3 is 2.67 bits per heavy atom. The Balaban J connectivity index is 2.19. The van der Waals surface area contributed by atoms with Crippen molar-refractivity contribution in [3.05, 3.63) is 33.1 Å². The monoisotopic (exact) mass is 326 g/mol. The summed E-state index contributed by atoms with van der Waals surface area (Å²) < 4.78 is 5.72. The molecule has 0 bridgehead atoms. The van der Waals surface area contributed by atoms with Gasteiger partial charge in [-0.1, -0.05) is 32.4 Å². The number of hydrogen-bond acceptors (Lipinski definition) is 6. The third-order valence-corrected chi connectivity index (χ3v) is 3.83. The minimum absolute atomic E-state index is 0.117. The molecule has 0 saturated heterocycles. The van der Waals surface area contributed by atoms with Crippen LogP contribution in [0.5, 0.6) is 0 Å². The van der Waals surface area contributed by atoms with Gasteiger partial charge in [-0.2, -0.15) is 0 Å². The quantitative estimate of drug-likeness (QED) is 0.909. The van der Waals surface area contributed by atoms with Gasteiger partial charge in [0.2, 0.25) is 0 Å². The zero-order valence-electron chi connectivity index (χ0n) is 12.6. The number of halogens is 1.